The molecule has 0 aliphatic rings. The van der Waals surface area contributed by atoms with Crippen LogP contribution in [0.4, 0.5) is 4.39 Å². The highest BCUT2D eigenvalue weighted by atomic mass is 19.1. The number of nitriles is 1. The highest BCUT2D eigenvalue weighted by Gasteiger charge is 2.10. The van der Waals surface area contributed by atoms with Crippen molar-refractivity contribution in [2.75, 3.05) is 0 Å². The van der Waals surface area contributed by atoms with Gasteiger partial charge in [-0.25, -0.2) is 4.39 Å². The molecule has 0 aliphatic heterocycles. The van der Waals surface area contributed by atoms with E-state index < -0.39 is 17.3 Å². The normalized spacial score (nSPS) is 9.33. The molecule has 0 unspecified atom stereocenters. The van der Waals surface area contributed by atoms with E-state index in [1.54, 1.807) is 6.07 Å². The van der Waals surface area contributed by atoms with Gasteiger partial charge >= 0.3 is 0 Å². The van der Waals surface area contributed by atoms with Gasteiger partial charge in [0.15, 0.2) is 17.3 Å². The monoisotopic (exact) mass is 167 g/mol. The van der Waals surface area contributed by atoms with Gasteiger partial charge in [-0.2, -0.15) is 5.26 Å². The quantitative estimate of drug-likeness (QED) is 0.619. The topological polar surface area (TPSA) is 64.2 Å². The number of hydrogen-bond acceptors (Lipinski definition) is 3. The molecule has 0 aromatic heterocycles. The van der Waals surface area contributed by atoms with Crippen LogP contribution in [-0.4, -0.2) is 10.2 Å². The summed E-state index contributed by atoms with van der Waals surface area (Å²) in [6.07, 6.45) is -0.125. The predicted molar refractivity (Wildman–Crippen MR) is 39.0 cm³/mol. The van der Waals surface area contributed by atoms with E-state index in [0.717, 1.165) is 6.07 Å². The maximum absolute atomic E-state index is 12.9. The molecular weight excluding hydrogens is 161 g/mol. The Labute approximate surface area is 68.3 Å². The minimum absolute atomic E-state index is 0.0767. The number of nitrogens with zero attached hydrogens (tertiary/aromatic N) is 1. The molecule has 4 heteroatoms. The maximum atomic E-state index is 12.9. The fourth-order valence-electron chi connectivity index (χ4n) is 0.818. The lowest BCUT2D eigenvalue weighted by molar-refractivity contribution is 0.377. The van der Waals surface area contributed by atoms with Gasteiger partial charge in [0, 0.05) is 5.56 Å². The summed E-state index contributed by atoms with van der Waals surface area (Å²) in [6.45, 7) is 0. The number of rotatable bonds is 1. The van der Waals surface area contributed by atoms with E-state index in [1.165, 1.54) is 6.07 Å². The van der Waals surface area contributed by atoms with Gasteiger partial charge in [0.25, 0.3) is 0 Å². The van der Waals surface area contributed by atoms with Gasteiger partial charge in [0.2, 0.25) is 0 Å². The van der Waals surface area contributed by atoms with Crippen LogP contribution in [0.1, 0.15) is 5.56 Å². The molecule has 2 N–H and O–H groups in total. The molecule has 3 nitrogen and oxygen atoms in total. The fraction of sp³-hybridized carbons (Fsp3) is 0.125. The molecule has 12 heavy (non-hydrogen) atoms. The molecule has 0 aliphatic carbocycles. The lowest BCUT2D eigenvalue weighted by atomic mass is 10.1. The third kappa shape index (κ3) is 1.30. The third-order valence-electron chi connectivity index (χ3n) is 1.44. The highest BCUT2D eigenvalue weighted by Crippen LogP contribution is 2.29. The van der Waals surface area contributed by atoms with Crippen molar-refractivity contribution in [1.82, 2.24) is 0 Å². The van der Waals surface area contributed by atoms with Crippen molar-refractivity contribution in [1.29, 1.82) is 5.26 Å². The van der Waals surface area contributed by atoms with Crippen LogP contribution >= 0.6 is 0 Å². The predicted octanol–water partition coefficient (Wildman–Crippen LogP) is 1.30. The highest BCUT2D eigenvalue weighted by molar-refractivity contribution is 5.42. The molecule has 0 bridgehead atoms. The molecule has 1 aromatic rings. The van der Waals surface area contributed by atoms with Crippen LogP contribution in [0.3, 0.4) is 0 Å². The Morgan fingerprint density at radius 3 is 2.67 bits per heavy atom. The van der Waals surface area contributed by atoms with Crippen molar-refractivity contribution in [3.05, 3.63) is 23.5 Å². The first-order valence-electron chi connectivity index (χ1n) is 3.23. The lowest BCUT2D eigenvalue weighted by Gasteiger charge is -2.01. The smallest absolute Gasteiger partial charge is 0.194 e. The van der Waals surface area contributed by atoms with Gasteiger partial charge < -0.3 is 10.2 Å². The molecular formula is C8H6FNO2. The molecule has 0 heterocycles. The van der Waals surface area contributed by atoms with E-state index in [0.29, 0.717) is 0 Å². The Balaban J connectivity index is 3.19. The number of phenolic OH excluding ortho intramolecular Hbond substituents is 2. The summed E-state index contributed by atoms with van der Waals surface area (Å²) in [4.78, 5) is 0. The Hall–Kier alpha value is -1.76. The number of halogens is 1. The van der Waals surface area contributed by atoms with Crippen LogP contribution in [0, 0.1) is 17.1 Å². The van der Waals surface area contributed by atoms with Crippen LogP contribution in [0.2, 0.25) is 0 Å². The van der Waals surface area contributed by atoms with Crippen molar-refractivity contribution in [3.63, 3.8) is 0 Å². The van der Waals surface area contributed by atoms with Gasteiger partial charge in [-0.3, -0.25) is 0 Å². The molecule has 0 saturated carbocycles. The van der Waals surface area contributed by atoms with E-state index >= 15 is 0 Å². The van der Waals surface area contributed by atoms with Crippen molar-refractivity contribution >= 4 is 0 Å². The van der Waals surface area contributed by atoms with Crippen molar-refractivity contribution in [2.45, 2.75) is 6.42 Å². The first kappa shape index (κ1) is 8.34. The molecule has 1 aromatic carbocycles. The first-order chi connectivity index (χ1) is 5.66. The average molecular weight is 167 g/mol. The minimum atomic E-state index is -0.934. The second kappa shape index (κ2) is 3.09. The summed E-state index contributed by atoms with van der Waals surface area (Å²) in [7, 11) is 0. The van der Waals surface area contributed by atoms with Crippen LogP contribution in [0.25, 0.3) is 0 Å². The van der Waals surface area contributed by atoms with Crippen LogP contribution in [-0.2, 0) is 6.42 Å². The van der Waals surface area contributed by atoms with Crippen molar-refractivity contribution in [2.24, 2.45) is 0 Å². The van der Waals surface area contributed by atoms with Crippen molar-refractivity contribution < 1.29 is 14.6 Å². The summed E-state index contributed by atoms with van der Waals surface area (Å²) >= 11 is 0. The molecule has 0 amide bonds. The van der Waals surface area contributed by atoms with Gasteiger partial charge in [-0.1, -0.05) is 6.07 Å². The first-order valence-corrected chi connectivity index (χ1v) is 3.23. The summed E-state index contributed by atoms with van der Waals surface area (Å²) in [5, 5.41) is 25.9. The summed E-state index contributed by atoms with van der Waals surface area (Å²) in [5.74, 6) is -2.26. The lowest BCUT2D eigenvalue weighted by Crippen LogP contribution is -1.88. The Bertz CT molecular complexity index is 344. The van der Waals surface area contributed by atoms with Gasteiger partial charge in [-0.05, 0) is 6.07 Å². The molecule has 0 fully saturated rings. The SMILES string of the molecule is N#CCc1ccc(O)c(O)c1F. The molecule has 0 saturated heterocycles. The van der Waals surface area contributed by atoms with Crippen LogP contribution in [0.5, 0.6) is 11.5 Å². The summed E-state index contributed by atoms with van der Waals surface area (Å²) in [6, 6.07) is 4.14. The second-order valence-corrected chi connectivity index (χ2v) is 2.24. The molecule has 62 valence electrons. The van der Waals surface area contributed by atoms with E-state index in [4.69, 9.17) is 15.5 Å². The van der Waals surface area contributed by atoms with Gasteiger partial charge in [0.1, 0.15) is 0 Å². The van der Waals surface area contributed by atoms with Crippen molar-refractivity contribution in [3.8, 4) is 17.6 Å². The Morgan fingerprint density at radius 1 is 1.42 bits per heavy atom. The Kier molecular flexibility index (Phi) is 2.15. The fourth-order valence-corrected chi connectivity index (χ4v) is 0.818. The number of benzene rings is 1. The Morgan fingerprint density at radius 2 is 2.08 bits per heavy atom. The molecule has 0 radical (unpaired) electrons. The third-order valence-corrected chi connectivity index (χ3v) is 1.44. The molecule has 0 spiro atoms. The van der Waals surface area contributed by atoms with Gasteiger partial charge in [0.05, 0.1) is 12.5 Å². The molecule has 0 atom stereocenters. The number of hydrogen-bond donors (Lipinski definition) is 2. The van der Waals surface area contributed by atoms with E-state index in [9.17, 15) is 4.39 Å². The second-order valence-electron chi connectivity index (χ2n) is 2.24. The zero-order chi connectivity index (χ0) is 9.14. The largest absolute Gasteiger partial charge is 0.504 e. The molecule has 1 rings (SSSR count). The van der Waals surface area contributed by atoms with Crippen LogP contribution < -0.4 is 0 Å². The number of phenols is 2. The van der Waals surface area contributed by atoms with E-state index in [-0.39, 0.29) is 12.0 Å². The average Bonchev–Trinajstić information content (AvgIpc) is 2.07. The summed E-state index contributed by atoms with van der Waals surface area (Å²) in [5.41, 5.74) is 0.0767. The zero-order valence-electron chi connectivity index (χ0n) is 6.08. The zero-order valence-corrected chi connectivity index (χ0v) is 6.08. The maximum Gasteiger partial charge on any atom is 0.194 e. The van der Waals surface area contributed by atoms with E-state index in [2.05, 4.69) is 0 Å². The number of aromatic hydroxyl groups is 2. The summed E-state index contributed by atoms with van der Waals surface area (Å²) < 4.78 is 12.9. The van der Waals surface area contributed by atoms with E-state index in [1.807, 2.05) is 0 Å². The van der Waals surface area contributed by atoms with Gasteiger partial charge in [-0.15, -0.1) is 0 Å². The standard InChI is InChI=1S/C8H6FNO2/c9-7-5(3-4-10)1-2-6(11)8(7)12/h1-2,11-12H,3H2. The van der Waals surface area contributed by atoms with Crippen LogP contribution in [0.15, 0.2) is 12.1 Å². The minimum Gasteiger partial charge on any atom is -0.504 e.